The van der Waals surface area contributed by atoms with Crippen LogP contribution in [0.15, 0.2) is 5.16 Å². The van der Waals surface area contributed by atoms with E-state index in [2.05, 4.69) is 12.1 Å². The predicted molar refractivity (Wildman–Crippen MR) is 66.7 cm³/mol. The molecule has 2 atom stereocenters. The van der Waals surface area contributed by atoms with Crippen LogP contribution < -0.4 is 0 Å². The van der Waals surface area contributed by atoms with E-state index in [9.17, 15) is 4.79 Å². The van der Waals surface area contributed by atoms with Crippen LogP contribution in [0.4, 0.5) is 4.79 Å². The van der Waals surface area contributed by atoms with E-state index >= 15 is 0 Å². The van der Waals surface area contributed by atoms with Crippen molar-refractivity contribution in [2.75, 3.05) is 13.2 Å². The monoisotopic (exact) mass is 275 g/mol. The Labute approximate surface area is 111 Å². The first kappa shape index (κ1) is 13.4. The number of unbranched alkanes of at least 4 members (excludes halogenated alkanes) is 1. The highest BCUT2D eigenvalue weighted by Crippen LogP contribution is 2.31. The van der Waals surface area contributed by atoms with Crippen LogP contribution in [-0.2, 0) is 4.84 Å². The number of carbonyl (C=O) groups excluding carboxylic acids is 1. The minimum Gasteiger partial charge on any atom is -0.410 e. The summed E-state index contributed by atoms with van der Waals surface area (Å²) in [5.74, 6) is 0. The van der Waals surface area contributed by atoms with Crippen molar-refractivity contribution in [2.45, 2.75) is 44.7 Å². The summed E-state index contributed by atoms with van der Waals surface area (Å²) in [7, 11) is 0. The van der Waals surface area contributed by atoms with Gasteiger partial charge in [0.1, 0.15) is 0 Å². The maximum absolute atomic E-state index is 12.1. The number of amides is 2. The van der Waals surface area contributed by atoms with Gasteiger partial charge in [0.2, 0.25) is 0 Å². The molecule has 0 aromatic carbocycles. The molecular formula is C11H18ClN3O3. The van der Waals surface area contributed by atoms with Crippen LogP contribution in [0.1, 0.15) is 32.6 Å². The number of fused-ring (bicyclic) bond motifs is 2. The van der Waals surface area contributed by atoms with Crippen LogP contribution in [0.5, 0.6) is 0 Å². The van der Waals surface area contributed by atoms with Crippen LogP contribution in [-0.4, -0.2) is 51.6 Å². The third-order valence-corrected chi connectivity index (χ3v) is 3.75. The molecule has 102 valence electrons. The van der Waals surface area contributed by atoms with Gasteiger partial charge < -0.3 is 10.1 Å². The molecule has 2 heterocycles. The van der Waals surface area contributed by atoms with Gasteiger partial charge in [-0.2, -0.15) is 5.06 Å². The molecule has 2 bridgehead atoms. The lowest BCUT2D eigenvalue weighted by atomic mass is 10.0. The fourth-order valence-corrected chi connectivity index (χ4v) is 2.65. The molecule has 2 rings (SSSR count). The molecule has 0 unspecified atom stereocenters. The molecule has 7 heteroatoms. The lowest BCUT2D eigenvalue weighted by Gasteiger charge is -2.28. The molecule has 2 aliphatic rings. The van der Waals surface area contributed by atoms with Gasteiger partial charge in [-0.1, -0.05) is 30.1 Å². The SMILES string of the molecule is CCCCON1C(=O)N2C[C@@H]1CC[C@H]2/C(Cl)=N/O. The summed E-state index contributed by atoms with van der Waals surface area (Å²) in [6.45, 7) is 3.21. The number of oxime groups is 1. The number of piperidine rings is 1. The van der Waals surface area contributed by atoms with Crippen molar-refractivity contribution in [1.82, 2.24) is 9.96 Å². The first-order chi connectivity index (χ1) is 8.69. The molecule has 2 aliphatic heterocycles. The van der Waals surface area contributed by atoms with E-state index in [-0.39, 0.29) is 23.3 Å². The predicted octanol–water partition coefficient (Wildman–Crippen LogP) is 2.01. The minimum atomic E-state index is -0.319. The van der Waals surface area contributed by atoms with Gasteiger partial charge in [-0.3, -0.25) is 4.84 Å². The minimum absolute atomic E-state index is 0.0669. The van der Waals surface area contributed by atoms with Gasteiger partial charge in [0.05, 0.1) is 18.7 Å². The highest BCUT2D eigenvalue weighted by Gasteiger charge is 2.46. The molecule has 18 heavy (non-hydrogen) atoms. The molecule has 0 spiro atoms. The van der Waals surface area contributed by atoms with Crippen molar-refractivity contribution in [3.63, 3.8) is 0 Å². The molecule has 0 aliphatic carbocycles. The quantitative estimate of drug-likeness (QED) is 0.361. The van der Waals surface area contributed by atoms with Crippen LogP contribution in [0.25, 0.3) is 0 Å². The second kappa shape index (κ2) is 5.75. The summed E-state index contributed by atoms with van der Waals surface area (Å²) in [5.41, 5.74) is 0. The maximum Gasteiger partial charge on any atom is 0.344 e. The van der Waals surface area contributed by atoms with Crippen molar-refractivity contribution >= 4 is 22.8 Å². The highest BCUT2D eigenvalue weighted by atomic mass is 35.5. The summed E-state index contributed by atoms with van der Waals surface area (Å²) < 4.78 is 0. The molecule has 0 aromatic heterocycles. The van der Waals surface area contributed by atoms with E-state index in [1.54, 1.807) is 4.90 Å². The van der Waals surface area contributed by atoms with Crippen LogP contribution in [0.2, 0.25) is 0 Å². The number of nitrogens with zero attached hydrogens (tertiary/aromatic N) is 3. The Balaban J connectivity index is 2.01. The second-order valence-electron chi connectivity index (χ2n) is 4.62. The number of carbonyl (C=O) groups is 1. The fraction of sp³-hybridized carbons (Fsp3) is 0.818. The fourth-order valence-electron chi connectivity index (χ4n) is 2.42. The number of hydrogen-bond acceptors (Lipinski definition) is 4. The first-order valence-electron chi connectivity index (χ1n) is 6.29. The van der Waals surface area contributed by atoms with Gasteiger partial charge in [0.25, 0.3) is 0 Å². The zero-order chi connectivity index (χ0) is 13.1. The summed E-state index contributed by atoms with van der Waals surface area (Å²) >= 11 is 5.82. The number of halogens is 1. The Morgan fingerprint density at radius 3 is 3.06 bits per heavy atom. The number of urea groups is 1. The number of hydroxylamine groups is 2. The Bertz CT molecular complexity index is 350. The van der Waals surface area contributed by atoms with Gasteiger partial charge in [0, 0.05) is 6.54 Å². The van der Waals surface area contributed by atoms with E-state index < -0.39 is 0 Å². The van der Waals surface area contributed by atoms with E-state index in [0.717, 1.165) is 19.3 Å². The summed E-state index contributed by atoms with van der Waals surface area (Å²) in [5, 5.41) is 13.2. The summed E-state index contributed by atoms with van der Waals surface area (Å²) in [6, 6.07) is -0.408. The molecule has 2 amide bonds. The number of rotatable bonds is 5. The van der Waals surface area contributed by atoms with Gasteiger partial charge in [0.15, 0.2) is 5.17 Å². The third-order valence-electron chi connectivity index (χ3n) is 3.42. The van der Waals surface area contributed by atoms with Crippen molar-refractivity contribution in [3.8, 4) is 0 Å². The highest BCUT2D eigenvalue weighted by molar-refractivity contribution is 6.66. The summed E-state index contributed by atoms with van der Waals surface area (Å²) in [4.78, 5) is 19.3. The topological polar surface area (TPSA) is 65.4 Å². The first-order valence-corrected chi connectivity index (χ1v) is 6.67. The Morgan fingerprint density at radius 1 is 1.61 bits per heavy atom. The zero-order valence-electron chi connectivity index (χ0n) is 10.4. The van der Waals surface area contributed by atoms with Gasteiger partial charge in [-0.15, -0.1) is 0 Å². The average Bonchev–Trinajstić information content (AvgIpc) is 2.63. The Kier molecular flexibility index (Phi) is 4.29. The molecule has 2 fully saturated rings. The zero-order valence-corrected chi connectivity index (χ0v) is 11.1. The van der Waals surface area contributed by atoms with E-state index in [1.807, 2.05) is 0 Å². The van der Waals surface area contributed by atoms with Crippen LogP contribution in [0, 0.1) is 0 Å². The molecular weight excluding hydrogens is 258 g/mol. The standard InChI is InChI=1S/C11H18ClN3O3/c1-2-3-6-18-15-8-4-5-9(10(12)13-17)14(7-8)11(15)16/h8-9,17H,2-7H2,1H3/b13-10-/t8-,9-/m0/s1. The van der Waals surface area contributed by atoms with E-state index in [4.69, 9.17) is 21.6 Å². The summed E-state index contributed by atoms with van der Waals surface area (Å²) in [6.07, 6.45) is 3.47. The van der Waals surface area contributed by atoms with E-state index in [1.165, 1.54) is 5.06 Å². The van der Waals surface area contributed by atoms with Crippen LogP contribution >= 0.6 is 11.6 Å². The third kappa shape index (κ3) is 2.40. The van der Waals surface area contributed by atoms with Crippen molar-refractivity contribution < 1.29 is 14.8 Å². The van der Waals surface area contributed by atoms with Gasteiger partial charge in [-0.05, 0) is 19.3 Å². The average molecular weight is 276 g/mol. The molecule has 1 N–H and O–H groups in total. The van der Waals surface area contributed by atoms with E-state index in [0.29, 0.717) is 19.6 Å². The lowest BCUT2D eigenvalue weighted by molar-refractivity contribution is -0.130. The van der Waals surface area contributed by atoms with Gasteiger partial charge >= 0.3 is 6.03 Å². The Morgan fingerprint density at radius 2 is 2.39 bits per heavy atom. The molecule has 2 saturated heterocycles. The Hall–Kier alpha value is -1.01. The lowest BCUT2D eigenvalue weighted by Crippen LogP contribution is -2.43. The van der Waals surface area contributed by atoms with Crippen molar-refractivity contribution in [1.29, 1.82) is 0 Å². The second-order valence-corrected chi connectivity index (χ2v) is 5.00. The van der Waals surface area contributed by atoms with Crippen LogP contribution in [0.3, 0.4) is 0 Å². The molecule has 6 nitrogen and oxygen atoms in total. The largest absolute Gasteiger partial charge is 0.410 e. The molecule has 0 aromatic rings. The molecule has 0 saturated carbocycles. The smallest absolute Gasteiger partial charge is 0.344 e. The molecule has 0 radical (unpaired) electrons. The number of hydrogen-bond donors (Lipinski definition) is 1. The maximum atomic E-state index is 12.1. The normalized spacial score (nSPS) is 28.1. The van der Waals surface area contributed by atoms with Crippen molar-refractivity contribution in [2.24, 2.45) is 5.16 Å². The van der Waals surface area contributed by atoms with Crippen molar-refractivity contribution in [3.05, 3.63) is 0 Å². The van der Waals surface area contributed by atoms with Gasteiger partial charge in [-0.25, -0.2) is 4.79 Å².